The van der Waals surface area contributed by atoms with E-state index in [1.165, 1.54) is 0 Å². The van der Waals surface area contributed by atoms with Crippen LogP contribution in [0.2, 0.25) is 0 Å². The van der Waals surface area contributed by atoms with Gasteiger partial charge in [-0.25, -0.2) is 9.98 Å². The van der Waals surface area contributed by atoms with Crippen molar-refractivity contribution in [2.24, 2.45) is 10.7 Å². The third-order valence-electron chi connectivity index (χ3n) is 4.09. The van der Waals surface area contributed by atoms with Crippen LogP contribution in [-0.4, -0.2) is 23.7 Å². The minimum atomic E-state index is 0. The maximum absolute atomic E-state index is 6.02. The summed E-state index contributed by atoms with van der Waals surface area (Å²) in [5.74, 6) is 3.11. The molecule has 0 unspecified atom stereocenters. The summed E-state index contributed by atoms with van der Waals surface area (Å²) in [7, 11) is 0. The Morgan fingerprint density at radius 3 is 2.31 bits per heavy atom. The van der Waals surface area contributed by atoms with Gasteiger partial charge in [0.05, 0.1) is 19.3 Å². The van der Waals surface area contributed by atoms with Crippen LogP contribution in [0.15, 0.2) is 71.9 Å². The van der Waals surface area contributed by atoms with E-state index in [1.807, 2.05) is 81.4 Å². The summed E-state index contributed by atoms with van der Waals surface area (Å²) in [5.41, 5.74) is 7.79. The maximum Gasteiger partial charge on any atom is 0.219 e. The van der Waals surface area contributed by atoms with Crippen LogP contribution < -0.4 is 25.3 Å². The zero-order chi connectivity index (χ0) is 22.1. The van der Waals surface area contributed by atoms with Gasteiger partial charge < -0.3 is 25.3 Å². The van der Waals surface area contributed by atoms with Gasteiger partial charge in [0, 0.05) is 18.0 Å². The molecule has 0 fully saturated rings. The van der Waals surface area contributed by atoms with Crippen molar-refractivity contribution in [3.63, 3.8) is 0 Å². The van der Waals surface area contributed by atoms with E-state index in [0.29, 0.717) is 30.7 Å². The molecule has 8 heteroatoms. The van der Waals surface area contributed by atoms with Crippen molar-refractivity contribution in [3.05, 3.63) is 72.4 Å². The predicted molar refractivity (Wildman–Crippen MR) is 138 cm³/mol. The van der Waals surface area contributed by atoms with Gasteiger partial charge in [-0.3, -0.25) is 0 Å². The average molecular weight is 548 g/mol. The van der Waals surface area contributed by atoms with Crippen LogP contribution in [0.1, 0.15) is 26.3 Å². The van der Waals surface area contributed by atoms with Gasteiger partial charge in [-0.15, -0.1) is 24.0 Å². The molecule has 0 aliphatic carbocycles. The number of benzene rings is 2. The van der Waals surface area contributed by atoms with Crippen LogP contribution in [0.25, 0.3) is 0 Å². The highest BCUT2D eigenvalue weighted by atomic mass is 127. The molecule has 170 valence electrons. The first-order valence-corrected chi connectivity index (χ1v) is 10.2. The summed E-state index contributed by atoms with van der Waals surface area (Å²) < 4.78 is 16.9. The number of guanidine groups is 1. The number of aromatic nitrogens is 1. The number of pyridine rings is 1. The SMILES string of the molecule is CCOc1ccc(Oc2cc(CN=C(N)Nc3ccc(OC(C)C)cc3)ccn2)cc1.I. The van der Waals surface area contributed by atoms with Gasteiger partial charge in [0.25, 0.3) is 0 Å². The zero-order valence-electron chi connectivity index (χ0n) is 18.4. The van der Waals surface area contributed by atoms with Gasteiger partial charge >= 0.3 is 0 Å². The maximum atomic E-state index is 6.02. The summed E-state index contributed by atoms with van der Waals surface area (Å²) in [6, 6.07) is 18.7. The lowest BCUT2D eigenvalue weighted by Gasteiger charge is -2.11. The first-order chi connectivity index (χ1) is 15.0. The van der Waals surface area contributed by atoms with E-state index >= 15 is 0 Å². The Balaban J connectivity index is 0.00000363. The van der Waals surface area contributed by atoms with Gasteiger partial charge in [-0.2, -0.15) is 0 Å². The van der Waals surface area contributed by atoms with Crippen molar-refractivity contribution in [1.82, 2.24) is 4.98 Å². The first-order valence-electron chi connectivity index (χ1n) is 10.2. The third-order valence-corrected chi connectivity index (χ3v) is 4.09. The number of anilines is 1. The Morgan fingerprint density at radius 1 is 1.00 bits per heavy atom. The van der Waals surface area contributed by atoms with Gasteiger partial charge in [0.15, 0.2) is 5.96 Å². The van der Waals surface area contributed by atoms with Crippen LogP contribution in [0, 0.1) is 0 Å². The molecule has 1 heterocycles. The van der Waals surface area contributed by atoms with E-state index in [9.17, 15) is 0 Å². The highest BCUT2D eigenvalue weighted by molar-refractivity contribution is 14.0. The van der Waals surface area contributed by atoms with Gasteiger partial charge in [-0.05, 0) is 80.9 Å². The van der Waals surface area contributed by atoms with Crippen molar-refractivity contribution in [3.8, 4) is 23.1 Å². The largest absolute Gasteiger partial charge is 0.494 e. The average Bonchev–Trinajstić information content (AvgIpc) is 2.75. The zero-order valence-corrected chi connectivity index (χ0v) is 20.8. The molecular weight excluding hydrogens is 519 g/mol. The number of nitrogens with two attached hydrogens (primary N) is 1. The molecule has 0 bridgehead atoms. The molecule has 0 spiro atoms. The Labute approximate surface area is 206 Å². The third kappa shape index (κ3) is 8.26. The Kier molecular flexibility index (Phi) is 10.1. The number of nitrogens with zero attached hydrogens (tertiary/aromatic N) is 2. The van der Waals surface area contributed by atoms with Crippen LogP contribution in [-0.2, 0) is 6.54 Å². The predicted octanol–water partition coefficient (Wildman–Crippen LogP) is 5.60. The van der Waals surface area contributed by atoms with E-state index in [1.54, 1.807) is 6.20 Å². The minimum Gasteiger partial charge on any atom is -0.494 e. The molecule has 3 N–H and O–H groups in total. The van der Waals surface area contributed by atoms with Crippen LogP contribution in [0.4, 0.5) is 5.69 Å². The summed E-state index contributed by atoms with van der Waals surface area (Å²) in [4.78, 5) is 8.65. The molecule has 0 amide bonds. The molecule has 0 saturated carbocycles. The van der Waals surface area contributed by atoms with Crippen molar-refractivity contribution in [2.75, 3.05) is 11.9 Å². The molecule has 0 aliphatic heterocycles. The van der Waals surface area contributed by atoms with E-state index in [4.69, 9.17) is 19.9 Å². The number of halogens is 1. The number of aliphatic imine (C=N–C) groups is 1. The van der Waals surface area contributed by atoms with Crippen LogP contribution >= 0.6 is 24.0 Å². The molecule has 3 rings (SSSR count). The van der Waals surface area contributed by atoms with Gasteiger partial charge in [-0.1, -0.05) is 0 Å². The molecule has 0 radical (unpaired) electrons. The Bertz CT molecular complexity index is 993. The van der Waals surface area contributed by atoms with E-state index in [2.05, 4.69) is 15.3 Å². The van der Waals surface area contributed by atoms with Crippen LogP contribution in [0.5, 0.6) is 23.1 Å². The number of rotatable bonds is 9. The van der Waals surface area contributed by atoms with Crippen molar-refractivity contribution < 1.29 is 14.2 Å². The fraction of sp³-hybridized carbons (Fsp3) is 0.250. The number of hydrogen-bond donors (Lipinski definition) is 2. The van der Waals surface area contributed by atoms with Crippen LogP contribution in [0.3, 0.4) is 0 Å². The molecular formula is C24H29IN4O3. The van der Waals surface area contributed by atoms with Crippen molar-refractivity contribution in [1.29, 1.82) is 0 Å². The molecule has 0 aliphatic rings. The Hall–Kier alpha value is -3.01. The molecule has 32 heavy (non-hydrogen) atoms. The summed E-state index contributed by atoms with van der Waals surface area (Å²) in [5, 5.41) is 3.08. The lowest BCUT2D eigenvalue weighted by Crippen LogP contribution is -2.22. The Morgan fingerprint density at radius 2 is 1.66 bits per heavy atom. The minimum absolute atomic E-state index is 0. The smallest absolute Gasteiger partial charge is 0.219 e. The fourth-order valence-electron chi connectivity index (χ4n) is 2.75. The highest BCUT2D eigenvalue weighted by Gasteiger charge is 2.03. The highest BCUT2D eigenvalue weighted by Crippen LogP contribution is 2.23. The quantitative estimate of drug-likeness (QED) is 0.206. The molecule has 2 aromatic carbocycles. The number of nitrogens with one attached hydrogen (secondary N) is 1. The van der Waals surface area contributed by atoms with E-state index in [-0.39, 0.29) is 30.1 Å². The standard InChI is InChI=1S/C24H28N4O3.HI/c1-4-29-20-9-11-22(12-10-20)31-23-15-18(13-14-26-23)16-27-24(25)28-19-5-7-21(8-6-19)30-17(2)3;/h5-15,17H,4,16H2,1-3H3,(H3,25,27,28);1H. The lowest BCUT2D eigenvalue weighted by atomic mass is 10.2. The fourth-order valence-corrected chi connectivity index (χ4v) is 2.75. The second-order valence-corrected chi connectivity index (χ2v) is 7.03. The van der Waals surface area contributed by atoms with E-state index in [0.717, 1.165) is 22.7 Å². The van der Waals surface area contributed by atoms with Gasteiger partial charge in [0.1, 0.15) is 17.2 Å². The van der Waals surface area contributed by atoms with Crippen molar-refractivity contribution >= 4 is 35.6 Å². The molecule has 3 aromatic rings. The summed E-state index contributed by atoms with van der Waals surface area (Å²) in [6.07, 6.45) is 1.82. The molecule has 7 nitrogen and oxygen atoms in total. The molecule has 1 aromatic heterocycles. The van der Waals surface area contributed by atoms with Gasteiger partial charge in [0.2, 0.25) is 5.88 Å². The monoisotopic (exact) mass is 548 g/mol. The normalized spacial score (nSPS) is 10.9. The lowest BCUT2D eigenvalue weighted by molar-refractivity contribution is 0.242. The second-order valence-electron chi connectivity index (χ2n) is 7.03. The summed E-state index contributed by atoms with van der Waals surface area (Å²) in [6.45, 7) is 6.95. The number of ether oxygens (including phenoxy) is 3. The second kappa shape index (κ2) is 12.7. The molecule has 0 atom stereocenters. The van der Waals surface area contributed by atoms with E-state index < -0.39 is 0 Å². The summed E-state index contributed by atoms with van der Waals surface area (Å²) >= 11 is 0. The number of hydrogen-bond acceptors (Lipinski definition) is 5. The topological polar surface area (TPSA) is 91.0 Å². The molecule has 0 saturated heterocycles. The first kappa shape index (κ1) is 25.3. The van der Waals surface area contributed by atoms with Crippen molar-refractivity contribution in [2.45, 2.75) is 33.4 Å².